The molecule has 0 aliphatic carbocycles. The van der Waals surface area contributed by atoms with E-state index in [1.165, 1.54) is 5.56 Å². The minimum Gasteiger partial charge on any atom is -0.355 e. The Kier molecular flexibility index (Phi) is 4.93. The lowest BCUT2D eigenvalue weighted by molar-refractivity contribution is 0.587. The minimum absolute atomic E-state index is 0.237. The van der Waals surface area contributed by atoms with Gasteiger partial charge in [0, 0.05) is 31.9 Å². The van der Waals surface area contributed by atoms with Crippen LogP contribution in [0, 0.1) is 0 Å². The molecular weight excluding hydrogens is 286 g/mol. The number of benzene rings is 1. The monoisotopic (exact) mass is 305 g/mol. The molecule has 21 heavy (non-hydrogen) atoms. The van der Waals surface area contributed by atoms with Crippen molar-refractivity contribution in [1.82, 2.24) is 9.71 Å². The molecule has 1 aromatic carbocycles. The number of pyridine rings is 1. The molecule has 0 radical (unpaired) electrons. The summed E-state index contributed by atoms with van der Waals surface area (Å²) in [7, 11) is -1.28. The maximum atomic E-state index is 11.2. The summed E-state index contributed by atoms with van der Waals surface area (Å²) in [6.45, 7) is 0.949. The number of nitrogens with one attached hydrogen (secondary N) is 1. The van der Waals surface area contributed by atoms with Crippen molar-refractivity contribution < 1.29 is 8.42 Å². The first kappa shape index (κ1) is 15.5. The van der Waals surface area contributed by atoms with E-state index in [2.05, 4.69) is 9.71 Å². The summed E-state index contributed by atoms with van der Waals surface area (Å²) in [5.74, 6) is 0.775. The summed E-state index contributed by atoms with van der Waals surface area (Å²) in [5.41, 5.74) is 2.02. The van der Waals surface area contributed by atoms with Crippen molar-refractivity contribution in [3.63, 3.8) is 0 Å². The molecule has 0 saturated heterocycles. The molecule has 0 amide bonds. The summed E-state index contributed by atoms with van der Waals surface area (Å²) >= 11 is 0. The number of nitrogens with zero attached hydrogens (tertiary/aromatic N) is 2. The highest BCUT2D eigenvalue weighted by molar-refractivity contribution is 7.88. The van der Waals surface area contributed by atoms with Crippen molar-refractivity contribution in [3.8, 4) is 0 Å². The molecule has 0 unspecified atom stereocenters. The third-order valence-electron chi connectivity index (χ3n) is 3.02. The Balaban J connectivity index is 2.15. The molecule has 112 valence electrons. The van der Waals surface area contributed by atoms with E-state index in [-0.39, 0.29) is 6.54 Å². The van der Waals surface area contributed by atoms with Gasteiger partial charge in [0.05, 0.1) is 6.26 Å². The van der Waals surface area contributed by atoms with Crippen LogP contribution in [-0.4, -0.2) is 26.7 Å². The Bertz CT molecular complexity index is 687. The van der Waals surface area contributed by atoms with Gasteiger partial charge in [0.15, 0.2) is 0 Å². The van der Waals surface area contributed by atoms with Gasteiger partial charge in [-0.25, -0.2) is 18.1 Å². The van der Waals surface area contributed by atoms with Gasteiger partial charge in [-0.05, 0) is 11.6 Å². The maximum absolute atomic E-state index is 11.2. The van der Waals surface area contributed by atoms with Crippen LogP contribution in [0.5, 0.6) is 0 Å². The predicted molar refractivity (Wildman–Crippen MR) is 84.5 cm³/mol. The van der Waals surface area contributed by atoms with Crippen molar-refractivity contribution >= 4 is 15.8 Å². The first-order chi connectivity index (χ1) is 9.96. The zero-order chi connectivity index (χ0) is 15.3. The zero-order valence-corrected chi connectivity index (χ0v) is 13.0. The summed E-state index contributed by atoms with van der Waals surface area (Å²) < 4.78 is 25.0. The van der Waals surface area contributed by atoms with E-state index in [0.29, 0.717) is 6.54 Å². The van der Waals surface area contributed by atoms with E-state index >= 15 is 0 Å². The number of anilines is 1. The van der Waals surface area contributed by atoms with Gasteiger partial charge in [0.2, 0.25) is 10.0 Å². The van der Waals surface area contributed by atoms with Gasteiger partial charge in [0.1, 0.15) is 5.82 Å². The van der Waals surface area contributed by atoms with E-state index in [1.807, 2.05) is 48.3 Å². The maximum Gasteiger partial charge on any atom is 0.209 e. The van der Waals surface area contributed by atoms with Crippen LogP contribution in [0.4, 0.5) is 5.82 Å². The molecule has 1 heterocycles. The van der Waals surface area contributed by atoms with Gasteiger partial charge in [-0.2, -0.15) is 0 Å². The summed E-state index contributed by atoms with van der Waals surface area (Å²) in [6, 6.07) is 13.7. The molecule has 0 atom stereocenters. The van der Waals surface area contributed by atoms with Crippen LogP contribution in [0.1, 0.15) is 11.1 Å². The van der Waals surface area contributed by atoms with E-state index in [1.54, 1.807) is 12.3 Å². The smallest absolute Gasteiger partial charge is 0.209 e. The second-order valence-electron chi connectivity index (χ2n) is 4.92. The Morgan fingerprint density at radius 2 is 1.86 bits per heavy atom. The van der Waals surface area contributed by atoms with E-state index in [0.717, 1.165) is 17.6 Å². The normalized spacial score (nSPS) is 11.3. The fourth-order valence-electron chi connectivity index (χ4n) is 2.05. The third-order valence-corrected chi connectivity index (χ3v) is 3.69. The lowest BCUT2D eigenvalue weighted by Crippen LogP contribution is -2.24. The second kappa shape index (κ2) is 6.69. The number of hydrogen-bond acceptors (Lipinski definition) is 4. The lowest BCUT2D eigenvalue weighted by atomic mass is 10.2. The van der Waals surface area contributed by atoms with E-state index < -0.39 is 10.0 Å². The Labute approximate surface area is 125 Å². The Hall–Kier alpha value is -1.92. The van der Waals surface area contributed by atoms with Crippen LogP contribution in [-0.2, 0) is 23.1 Å². The van der Waals surface area contributed by atoms with Gasteiger partial charge >= 0.3 is 0 Å². The molecule has 0 aliphatic rings. The van der Waals surface area contributed by atoms with Crippen LogP contribution >= 0.6 is 0 Å². The standard InChI is InChI=1S/C15H19N3O2S/c1-18(12-13-7-4-3-5-8-13)15-14(9-6-10-16-15)11-17-21(2,19)20/h3-10,17H,11-12H2,1-2H3. The number of aromatic nitrogens is 1. The van der Waals surface area contributed by atoms with Gasteiger partial charge in [0.25, 0.3) is 0 Å². The number of rotatable bonds is 6. The molecule has 0 bridgehead atoms. The zero-order valence-electron chi connectivity index (χ0n) is 12.2. The van der Waals surface area contributed by atoms with Crippen LogP contribution < -0.4 is 9.62 Å². The van der Waals surface area contributed by atoms with Gasteiger partial charge in [-0.15, -0.1) is 0 Å². The van der Waals surface area contributed by atoms with E-state index in [4.69, 9.17) is 0 Å². The molecule has 0 saturated carbocycles. The predicted octanol–water partition coefficient (Wildman–Crippen LogP) is 1.77. The first-order valence-electron chi connectivity index (χ1n) is 6.59. The molecule has 1 aromatic heterocycles. The van der Waals surface area contributed by atoms with E-state index in [9.17, 15) is 8.42 Å². The molecule has 2 rings (SSSR count). The lowest BCUT2D eigenvalue weighted by Gasteiger charge is -2.21. The molecular formula is C15H19N3O2S. The summed E-state index contributed by atoms with van der Waals surface area (Å²) in [4.78, 5) is 6.38. The van der Waals surface area contributed by atoms with Gasteiger partial charge in [-0.1, -0.05) is 36.4 Å². The third kappa shape index (κ3) is 4.84. The fourth-order valence-corrected chi connectivity index (χ4v) is 2.47. The van der Waals surface area contributed by atoms with Gasteiger partial charge in [-0.3, -0.25) is 0 Å². The average molecular weight is 305 g/mol. The Morgan fingerprint density at radius 3 is 2.52 bits per heavy atom. The summed E-state index contributed by atoms with van der Waals surface area (Å²) in [6.07, 6.45) is 2.86. The molecule has 5 nitrogen and oxygen atoms in total. The van der Waals surface area contributed by atoms with Gasteiger partial charge < -0.3 is 4.90 Å². The fraction of sp³-hybridized carbons (Fsp3) is 0.267. The molecule has 0 spiro atoms. The number of hydrogen-bond donors (Lipinski definition) is 1. The quantitative estimate of drug-likeness (QED) is 0.883. The van der Waals surface area contributed by atoms with Crippen molar-refractivity contribution in [3.05, 3.63) is 59.8 Å². The highest BCUT2D eigenvalue weighted by atomic mass is 32.2. The highest BCUT2D eigenvalue weighted by Crippen LogP contribution is 2.18. The topological polar surface area (TPSA) is 62.3 Å². The van der Waals surface area contributed by atoms with Crippen molar-refractivity contribution in [2.24, 2.45) is 0 Å². The van der Waals surface area contributed by atoms with Crippen LogP contribution in [0.15, 0.2) is 48.7 Å². The summed E-state index contributed by atoms with van der Waals surface area (Å²) in [5, 5.41) is 0. The number of sulfonamides is 1. The molecule has 0 fully saturated rings. The van der Waals surface area contributed by atoms with Crippen molar-refractivity contribution in [2.45, 2.75) is 13.1 Å². The van der Waals surface area contributed by atoms with Crippen LogP contribution in [0.25, 0.3) is 0 Å². The SMILES string of the molecule is CN(Cc1ccccc1)c1ncccc1CNS(C)(=O)=O. The highest BCUT2D eigenvalue weighted by Gasteiger charge is 2.10. The van der Waals surface area contributed by atoms with Crippen molar-refractivity contribution in [1.29, 1.82) is 0 Å². The van der Waals surface area contributed by atoms with Crippen molar-refractivity contribution in [2.75, 3.05) is 18.2 Å². The molecule has 2 aromatic rings. The van der Waals surface area contributed by atoms with Crippen LogP contribution in [0.3, 0.4) is 0 Å². The average Bonchev–Trinajstić information content (AvgIpc) is 2.46. The van der Waals surface area contributed by atoms with Crippen LogP contribution in [0.2, 0.25) is 0 Å². The molecule has 6 heteroatoms. The molecule has 0 aliphatic heterocycles. The second-order valence-corrected chi connectivity index (χ2v) is 6.75. The largest absolute Gasteiger partial charge is 0.355 e. The molecule has 1 N–H and O–H groups in total. The Morgan fingerprint density at radius 1 is 1.14 bits per heavy atom. The minimum atomic E-state index is -3.22. The first-order valence-corrected chi connectivity index (χ1v) is 8.48.